The van der Waals surface area contributed by atoms with Crippen molar-refractivity contribution in [2.24, 2.45) is 35.5 Å². The van der Waals surface area contributed by atoms with Crippen LogP contribution in [0.25, 0.3) is 0 Å². The quantitative estimate of drug-likeness (QED) is 0.592. The van der Waals surface area contributed by atoms with Gasteiger partial charge in [-0.15, -0.1) is 0 Å². The standard InChI is InChI=1S/C18H14BrNO4/c19-7-1-4-13(21)12(5-7)16(22)20-17(23)14-8-2-3-9(11-6-10(8)11)15(14)18(20)24/h1-5,8-11,14-15,21H,6H2/t8-,9-,10-,11+,14+,15+/m0/s1. The Bertz CT molecular complexity index is 811. The van der Waals surface area contributed by atoms with Crippen LogP contribution in [0.5, 0.6) is 5.75 Å². The predicted molar refractivity (Wildman–Crippen MR) is 86.7 cm³/mol. The lowest BCUT2D eigenvalue weighted by Crippen LogP contribution is -2.40. The summed E-state index contributed by atoms with van der Waals surface area (Å²) in [4.78, 5) is 39.3. The van der Waals surface area contributed by atoms with E-state index in [0.717, 1.165) is 11.3 Å². The van der Waals surface area contributed by atoms with Crippen molar-refractivity contribution >= 4 is 33.7 Å². The normalized spacial score (nSPS) is 38.3. The van der Waals surface area contributed by atoms with Crippen molar-refractivity contribution in [2.45, 2.75) is 6.42 Å². The molecule has 1 aromatic carbocycles. The van der Waals surface area contributed by atoms with Crippen LogP contribution in [-0.2, 0) is 9.59 Å². The summed E-state index contributed by atoms with van der Waals surface area (Å²) in [5.74, 6) is -1.44. The van der Waals surface area contributed by atoms with Crippen LogP contribution in [0.2, 0.25) is 0 Å². The first-order chi connectivity index (χ1) is 11.5. The zero-order valence-electron chi connectivity index (χ0n) is 12.6. The van der Waals surface area contributed by atoms with Gasteiger partial charge in [0.25, 0.3) is 5.91 Å². The lowest BCUT2D eigenvalue weighted by molar-refractivity contribution is -0.136. The summed E-state index contributed by atoms with van der Waals surface area (Å²) in [6.07, 6.45) is 5.21. The first-order valence-corrected chi connectivity index (χ1v) is 8.87. The maximum Gasteiger partial charge on any atom is 0.271 e. The average molecular weight is 388 g/mol. The molecule has 1 aliphatic heterocycles. The van der Waals surface area contributed by atoms with Gasteiger partial charge in [0.05, 0.1) is 17.4 Å². The van der Waals surface area contributed by atoms with Crippen molar-refractivity contribution in [2.75, 3.05) is 0 Å². The lowest BCUT2D eigenvalue weighted by Gasteiger charge is -2.37. The van der Waals surface area contributed by atoms with Crippen LogP contribution in [-0.4, -0.2) is 27.7 Å². The van der Waals surface area contributed by atoms with E-state index in [2.05, 4.69) is 28.1 Å². The van der Waals surface area contributed by atoms with Gasteiger partial charge >= 0.3 is 0 Å². The minimum absolute atomic E-state index is 0.0322. The number of halogens is 1. The van der Waals surface area contributed by atoms with Gasteiger partial charge in [-0.3, -0.25) is 14.4 Å². The molecule has 1 heterocycles. The number of allylic oxidation sites excluding steroid dienone is 2. The third-order valence-corrected chi connectivity index (χ3v) is 6.55. The number of hydrogen-bond donors (Lipinski definition) is 1. The molecular weight excluding hydrogens is 374 g/mol. The molecule has 2 saturated carbocycles. The largest absolute Gasteiger partial charge is 0.507 e. The smallest absolute Gasteiger partial charge is 0.271 e. The van der Waals surface area contributed by atoms with Gasteiger partial charge in [0, 0.05) is 4.47 Å². The second-order valence-corrected chi connectivity index (χ2v) is 8.05. The summed E-state index contributed by atoms with van der Waals surface area (Å²) >= 11 is 3.25. The highest BCUT2D eigenvalue weighted by molar-refractivity contribution is 9.10. The van der Waals surface area contributed by atoms with Crippen molar-refractivity contribution in [3.63, 3.8) is 0 Å². The fourth-order valence-corrected chi connectivity index (χ4v) is 5.32. The number of hydrogen-bond acceptors (Lipinski definition) is 4. The molecule has 5 nitrogen and oxygen atoms in total. The number of likely N-dealkylation sites (tertiary alicyclic amines) is 1. The third kappa shape index (κ3) is 1.67. The Morgan fingerprint density at radius 2 is 1.67 bits per heavy atom. The summed E-state index contributed by atoms with van der Waals surface area (Å²) in [7, 11) is 0. The molecular formula is C18H14BrNO4. The molecule has 4 aliphatic carbocycles. The monoisotopic (exact) mass is 387 g/mol. The number of aromatic hydroxyl groups is 1. The molecule has 6 rings (SSSR count). The molecule has 1 saturated heterocycles. The lowest BCUT2D eigenvalue weighted by atomic mass is 9.63. The van der Waals surface area contributed by atoms with E-state index >= 15 is 0 Å². The van der Waals surface area contributed by atoms with Crippen molar-refractivity contribution in [3.8, 4) is 5.75 Å². The van der Waals surface area contributed by atoms with E-state index in [1.165, 1.54) is 12.1 Å². The highest BCUT2D eigenvalue weighted by atomic mass is 79.9. The van der Waals surface area contributed by atoms with Crippen LogP contribution in [0.3, 0.4) is 0 Å². The van der Waals surface area contributed by atoms with Crippen LogP contribution in [0, 0.1) is 35.5 Å². The molecule has 5 aliphatic rings. The summed E-state index contributed by atoms with van der Waals surface area (Å²) < 4.78 is 0.600. The molecule has 2 bridgehead atoms. The molecule has 6 atom stereocenters. The molecule has 0 aromatic heterocycles. The Labute approximate surface area is 146 Å². The number of benzene rings is 1. The zero-order chi connectivity index (χ0) is 16.7. The number of rotatable bonds is 1. The second-order valence-electron chi connectivity index (χ2n) is 7.13. The maximum absolute atomic E-state index is 12.9. The molecule has 24 heavy (non-hydrogen) atoms. The Balaban J connectivity index is 1.54. The topological polar surface area (TPSA) is 74.7 Å². The van der Waals surface area contributed by atoms with E-state index in [1.807, 2.05) is 0 Å². The molecule has 3 amide bonds. The van der Waals surface area contributed by atoms with Gasteiger partial charge in [-0.1, -0.05) is 28.1 Å². The van der Waals surface area contributed by atoms with Gasteiger partial charge in [0.2, 0.25) is 11.8 Å². The van der Waals surface area contributed by atoms with Gasteiger partial charge < -0.3 is 5.11 Å². The van der Waals surface area contributed by atoms with Crippen LogP contribution in [0.4, 0.5) is 0 Å². The van der Waals surface area contributed by atoms with E-state index in [4.69, 9.17) is 0 Å². The number of carbonyl (C=O) groups is 3. The van der Waals surface area contributed by atoms with Gasteiger partial charge in [-0.2, -0.15) is 0 Å². The van der Waals surface area contributed by atoms with E-state index in [1.54, 1.807) is 6.07 Å². The maximum atomic E-state index is 12.9. The second kappa shape index (κ2) is 4.57. The molecule has 1 N–H and O–H groups in total. The molecule has 122 valence electrons. The van der Waals surface area contributed by atoms with Gasteiger partial charge in [-0.05, 0) is 48.3 Å². The highest BCUT2D eigenvalue weighted by Gasteiger charge is 2.67. The average Bonchev–Trinajstić information content (AvgIpc) is 3.34. The van der Waals surface area contributed by atoms with Crippen LogP contribution in [0.1, 0.15) is 16.8 Å². The summed E-state index contributed by atoms with van der Waals surface area (Å²) in [5, 5.41) is 9.96. The first kappa shape index (κ1) is 14.4. The summed E-state index contributed by atoms with van der Waals surface area (Å²) in [6.45, 7) is 0. The zero-order valence-corrected chi connectivity index (χ0v) is 14.1. The van der Waals surface area contributed by atoms with E-state index in [0.29, 0.717) is 16.3 Å². The fourth-order valence-electron chi connectivity index (χ4n) is 4.96. The van der Waals surface area contributed by atoms with E-state index < -0.39 is 29.6 Å². The number of nitrogens with zero attached hydrogens (tertiary/aromatic N) is 1. The predicted octanol–water partition coefficient (Wildman–Crippen LogP) is 2.35. The number of carbonyl (C=O) groups excluding carboxylic acids is 3. The minimum atomic E-state index is -0.730. The minimum Gasteiger partial charge on any atom is -0.507 e. The van der Waals surface area contributed by atoms with Gasteiger partial charge in [0.1, 0.15) is 5.75 Å². The Kier molecular flexibility index (Phi) is 2.74. The fraction of sp³-hybridized carbons (Fsp3) is 0.389. The van der Waals surface area contributed by atoms with Gasteiger partial charge in [-0.25, -0.2) is 4.90 Å². The summed E-state index contributed by atoms with van der Waals surface area (Å²) in [5.41, 5.74) is -0.0322. The molecule has 6 heteroatoms. The number of phenols is 1. The molecule has 0 unspecified atom stereocenters. The Morgan fingerprint density at radius 3 is 2.25 bits per heavy atom. The Hall–Kier alpha value is -1.95. The van der Waals surface area contributed by atoms with E-state index in [9.17, 15) is 19.5 Å². The van der Waals surface area contributed by atoms with Crippen molar-refractivity contribution in [3.05, 3.63) is 40.4 Å². The van der Waals surface area contributed by atoms with Crippen molar-refractivity contribution < 1.29 is 19.5 Å². The molecule has 0 spiro atoms. The number of phenolic OH excluding ortho intramolecular Hbond substituents is 1. The van der Waals surface area contributed by atoms with E-state index in [-0.39, 0.29) is 23.1 Å². The Morgan fingerprint density at radius 1 is 1.08 bits per heavy atom. The number of imide groups is 3. The van der Waals surface area contributed by atoms with Crippen molar-refractivity contribution in [1.82, 2.24) is 4.90 Å². The van der Waals surface area contributed by atoms with Crippen LogP contribution in [0.15, 0.2) is 34.8 Å². The molecule has 3 fully saturated rings. The SMILES string of the molecule is O=C(c1cc(Br)ccc1O)N1C(=O)[C@@H]2[C@H]3C=C[C@@H]([C@@H]4C[C@H]34)[C@H]2C1=O. The summed E-state index contributed by atoms with van der Waals surface area (Å²) in [6, 6.07) is 4.40. The van der Waals surface area contributed by atoms with Crippen LogP contribution < -0.4 is 0 Å². The van der Waals surface area contributed by atoms with Crippen molar-refractivity contribution in [1.29, 1.82) is 0 Å². The molecule has 1 aromatic rings. The highest BCUT2D eigenvalue weighted by Crippen LogP contribution is 2.65. The van der Waals surface area contributed by atoms with Crippen LogP contribution >= 0.6 is 15.9 Å². The third-order valence-electron chi connectivity index (χ3n) is 6.05. The molecule has 0 radical (unpaired) electrons. The van der Waals surface area contributed by atoms with Gasteiger partial charge in [0.15, 0.2) is 0 Å². The first-order valence-electron chi connectivity index (χ1n) is 8.08. The number of amides is 3.